The second-order valence-corrected chi connectivity index (χ2v) is 9.79. The largest absolute Gasteiger partial charge is 0.394 e. The number of nitrogens with two attached hydrogens (primary N) is 1. The van der Waals surface area contributed by atoms with Gasteiger partial charge in [0, 0.05) is 24.2 Å². The van der Waals surface area contributed by atoms with Crippen LogP contribution in [0.1, 0.15) is 52.5 Å². The fourth-order valence-electron chi connectivity index (χ4n) is 4.09. The van der Waals surface area contributed by atoms with Gasteiger partial charge >= 0.3 is 0 Å². The number of para-hydroxylation sites is 1. The van der Waals surface area contributed by atoms with Crippen molar-refractivity contribution < 1.29 is 19.5 Å². The predicted molar refractivity (Wildman–Crippen MR) is 134 cm³/mol. The van der Waals surface area contributed by atoms with Crippen LogP contribution in [-0.4, -0.2) is 54.0 Å². The van der Waals surface area contributed by atoms with E-state index < -0.39 is 30.5 Å². The Morgan fingerprint density at radius 2 is 1.76 bits per heavy atom. The number of carbonyl (C=O) groups is 3. The number of rotatable bonds is 12. The molecule has 0 radical (unpaired) electrons. The molecule has 34 heavy (non-hydrogen) atoms. The van der Waals surface area contributed by atoms with Crippen LogP contribution in [0.25, 0.3) is 0 Å². The topological polar surface area (TPSA) is 134 Å². The third kappa shape index (κ3) is 7.40. The van der Waals surface area contributed by atoms with Gasteiger partial charge in [-0.25, -0.2) is 0 Å². The lowest BCUT2D eigenvalue weighted by Crippen LogP contribution is -2.48. The van der Waals surface area contributed by atoms with Crippen LogP contribution in [-0.2, 0) is 14.4 Å². The minimum Gasteiger partial charge on any atom is -0.394 e. The summed E-state index contributed by atoms with van der Waals surface area (Å²) in [6.07, 6.45) is 4.12. The molecule has 0 spiro atoms. The highest BCUT2D eigenvalue weighted by Gasteiger charge is 2.30. The number of hydrogen-bond donors (Lipinski definition) is 5. The first-order chi connectivity index (χ1) is 16.0. The summed E-state index contributed by atoms with van der Waals surface area (Å²) in [5, 5.41) is 18.3. The summed E-state index contributed by atoms with van der Waals surface area (Å²) in [4.78, 5) is 37.7. The summed E-state index contributed by atoms with van der Waals surface area (Å²) in [7, 11) is 0. The Hall–Kier alpha value is -2.71. The third-order valence-electron chi connectivity index (χ3n) is 6.37. The van der Waals surface area contributed by atoms with Gasteiger partial charge in [-0.1, -0.05) is 58.0 Å². The molecule has 2 amide bonds. The van der Waals surface area contributed by atoms with E-state index in [4.69, 9.17) is 10.8 Å². The highest BCUT2D eigenvalue weighted by Crippen LogP contribution is 2.34. The van der Waals surface area contributed by atoms with Gasteiger partial charge < -0.3 is 26.8 Å². The van der Waals surface area contributed by atoms with Gasteiger partial charge in [-0.3, -0.25) is 14.4 Å². The van der Waals surface area contributed by atoms with Gasteiger partial charge in [0.25, 0.3) is 0 Å². The first-order valence-electron chi connectivity index (χ1n) is 12.0. The Balaban J connectivity index is 2.10. The Kier molecular flexibility index (Phi) is 10.3. The normalized spacial score (nSPS) is 18.8. The molecule has 1 aliphatic rings. The van der Waals surface area contributed by atoms with E-state index in [1.165, 1.54) is 12.5 Å². The maximum Gasteiger partial charge on any atom is 0.239 e. The molecule has 188 valence electrons. The van der Waals surface area contributed by atoms with E-state index in [0.29, 0.717) is 6.42 Å². The van der Waals surface area contributed by atoms with E-state index in [1.807, 2.05) is 45.9 Å². The lowest BCUT2D eigenvalue weighted by molar-refractivity contribution is -0.129. The zero-order valence-electron chi connectivity index (χ0n) is 20.9. The first-order valence-corrected chi connectivity index (χ1v) is 12.0. The lowest BCUT2D eigenvalue weighted by atomic mass is 9.90. The van der Waals surface area contributed by atoms with Gasteiger partial charge in [-0.05, 0) is 36.8 Å². The lowest BCUT2D eigenvalue weighted by Gasteiger charge is -2.25. The average molecular weight is 473 g/mol. The van der Waals surface area contributed by atoms with Crippen molar-refractivity contribution in [3.8, 4) is 0 Å². The van der Waals surface area contributed by atoms with E-state index in [1.54, 1.807) is 12.2 Å². The molecule has 0 aromatic heterocycles. The van der Waals surface area contributed by atoms with Crippen LogP contribution in [0.2, 0.25) is 0 Å². The Morgan fingerprint density at radius 3 is 2.35 bits per heavy atom. The summed E-state index contributed by atoms with van der Waals surface area (Å²) in [5.74, 6) is -1.02. The fourth-order valence-corrected chi connectivity index (χ4v) is 4.09. The summed E-state index contributed by atoms with van der Waals surface area (Å²) in [6.45, 7) is 9.59. The molecule has 0 saturated carbocycles. The number of Topliss-reactive ketones (excluding diaryl/α,β-unsaturated/α-hetero) is 1. The maximum atomic E-state index is 13.2. The second kappa shape index (κ2) is 12.7. The van der Waals surface area contributed by atoms with Gasteiger partial charge in [0.1, 0.15) is 6.04 Å². The van der Waals surface area contributed by atoms with Crippen molar-refractivity contribution in [3.05, 3.63) is 42.0 Å². The molecule has 5 atom stereocenters. The van der Waals surface area contributed by atoms with Gasteiger partial charge in [-0.2, -0.15) is 0 Å². The number of nitrogens with one attached hydrogen (secondary N) is 3. The fraction of sp³-hybridized carbons (Fsp3) is 0.577. The minimum atomic E-state index is -0.995. The van der Waals surface area contributed by atoms with Crippen LogP contribution in [0, 0.1) is 17.8 Å². The molecular weight excluding hydrogens is 432 g/mol. The number of amides is 2. The summed E-state index contributed by atoms with van der Waals surface area (Å²) < 4.78 is 0. The molecule has 1 aromatic carbocycles. The Labute approximate surface area is 202 Å². The van der Waals surface area contributed by atoms with E-state index in [9.17, 15) is 14.4 Å². The SMILES string of the molecule is CC(=O)C(CC1CNc2ccccc21)NC(=O)C(C=CC(NC(=O)C(N)CO)C(C)C)C(C)C. The molecule has 1 aromatic rings. The van der Waals surface area contributed by atoms with Crippen LogP contribution in [0.15, 0.2) is 36.4 Å². The van der Waals surface area contributed by atoms with Gasteiger partial charge in [-0.15, -0.1) is 0 Å². The van der Waals surface area contributed by atoms with Crippen molar-refractivity contribution in [2.45, 2.75) is 65.1 Å². The number of aliphatic hydroxyl groups is 1. The van der Waals surface area contributed by atoms with Crippen LogP contribution in [0.5, 0.6) is 0 Å². The predicted octanol–water partition coefficient (Wildman–Crippen LogP) is 1.95. The number of fused-ring (bicyclic) bond motifs is 1. The first kappa shape index (κ1) is 27.5. The van der Waals surface area contributed by atoms with Crippen LogP contribution >= 0.6 is 0 Å². The van der Waals surface area contributed by atoms with Crippen LogP contribution in [0.4, 0.5) is 5.69 Å². The summed E-state index contributed by atoms with van der Waals surface area (Å²) in [6, 6.07) is 6.12. The van der Waals surface area contributed by atoms with E-state index in [-0.39, 0.29) is 35.5 Å². The van der Waals surface area contributed by atoms with Crippen molar-refractivity contribution in [1.82, 2.24) is 10.6 Å². The molecule has 5 unspecified atom stereocenters. The van der Waals surface area contributed by atoms with Crippen molar-refractivity contribution in [3.63, 3.8) is 0 Å². The molecule has 0 aliphatic carbocycles. The average Bonchev–Trinajstić information content (AvgIpc) is 3.19. The molecule has 0 fully saturated rings. The van der Waals surface area contributed by atoms with E-state index >= 15 is 0 Å². The molecule has 0 bridgehead atoms. The number of hydrogen-bond acceptors (Lipinski definition) is 6. The van der Waals surface area contributed by atoms with Crippen molar-refractivity contribution in [2.75, 3.05) is 18.5 Å². The smallest absolute Gasteiger partial charge is 0.239 e. The van der Waals surface area contributed by atoms with Gasteiger partial charge in [0.15, 0.2) is 5.78 Å². The second-order valence-electron chi connectivity index (χ2n) is 9.79. The standard InChI is InChI=1S/C26H40N4O4/c1-15(2)19(10-11-22(16(3)4)29-26(34)21(27)14-31)25(33)30-24(17(5)32)12-18-13-28-23-9-7-6-8-20(18)23/h6-11,15-16,18-19,21-22,24,28,31H,12-14,27H2,1-5H3,(H,29,34)(H,30,33). The third-order valence-corrected chi connectivity index (χ3v) is 6.37. The Bertz CT molecular complexity index is 883. The number of anilines is 1. The summed E-state index contributed by atoms with van der Waals surface area (Å²) >= 11 is 0. The number of ketones is 1. The van der Waals surface area contributed by atoms with Gasteiger partial charge in [0.05, 0.1) is 18.6 Å². The van der Waals surface area contributed by atoms with Crippen LogP contribution in [0.3, 0.4) is 0 Å². The molecule has 6 N–H and O–H groups in total. The van der Waals surface area contributed by atoms with Gasteiger partial charge in [0.2, 0.25) is 11.8 Å². The number of carbonyl (C=O) groups excluding carboxylic acids is 3. The molecule has 1 aliphatic heterocycles. The highest BCUT2D eigenvalue weighted by atomic mass is 16.3. The molecule has 8 nitrogen and oxygen atoms in total. The molecular formula is C26H40N4O4. The number of aliphatic hydroxyl groups excluding tert-OH is 1. The molecule has 1 heterocycles. The molecule has 2 rings (SSSR count). The highest BCUT2D eigenvalue weighted by molar-refractivity contribution is 5.89. The minimum absolute atomic E-state index is 0.0130. The molecule has 0 saturated heterocycles. The van der Waals surface area contributed by atoms with E-state index in [0.717, 1.165) is 12.2 Å². The van der Waals surface area contributed by atoms with Crippen molar-refractivity contribution in [2.24, 2.45) is 23.5 Å². The zero-order valence-corrected chi connectivity index (χ0v) is 20.9. The Morgan fingerprint density at radius 1 is 1.09 bits per heavy atom. The number of benzene rings is 1. The van der Waals surface area contributed by atoms with Crippen molar-refractivity contribution in [1.29, 1.82) is 0 Å². The van der Waals surface area contributed by atoms with Crippen LogP contribution < -0.4 is 21.7 Å². The maximum absolute atomic E-state index is 13.2. The molecule has 8 heteroatoms. The monoisotopic (exact) mass is 472 g/mol. The quantitative estimate of drug-likeness (QED) is 0.295. The van der Waals surface area contributed by atoms with E-state index in [2.05, 4.69) is 22.0 Å². The zero-order chi connectivity index (χ0) is 25.4. The van der Waals surface area contributed by atoms with Crippen molar-refractivity contribution >= 4 is 23.3 Å². The summed E-state index contributed by atoms with van der Waals surface area (Å²) in [5.41, 5.74) is 7.85.